The smallest absolute Gasteiger partial charge is 0.327 e. The molecule has 2 N–H and O–H groups in total. The molecule has 0 aliphatic heterocycles. The summed E-state index contributed by atoms with van der Waals surface area (Å²) in [6, 6.07) is 2.30. The van der Waals surface area contributed by atoms with E-state index >= 15 is 0 Å². The van der Waals surface area contributed by atoms with Crippen LogP contribution in [-0.2, 0) is 12.6 Å². The summed E-state index contributed by atoms with van der Waals surface area (Å²) in [5, 5.41) is 0. The summed E-state index contributed by atoms with van der Waals surface area (Å²) in [6.45, 7) is 1.84. The standard InChI is InChI=1S/C11H13F4N/c1-2-9(16)5-7-3-4-8(6-10(7)12)11(13,14)15/h3-4,6,9H,2,5,16H2,1H3. The molecule has 0 aromatic heterocycles. The number of benzene rings is 1. The Bertz CT molecular complexity index is 359. The fourth-order valence-corrected chi connectivity index (χ4v) is 1.32. The van der Waals surface area contributed by atoms with Crippen molar-refractivity contribution in [1.82, 2.24) is 0 Å². The lowest BCUT2D eigenvalue weighted by Crippen LogP contribution is -2.22. The largest absolute Gasteiger partial charge is 0.416 e. The van der Waals surface area contributed by atoms with Crippen LogP contribution >= 0.6 is 0 Å². The first-order chi connectivity index (χ1) is 7.34. The van der Waals surface area contributed by atoms with Crippen LogP contribution in [0, 0.1) is 5.82 Å². The summed E-state index contributed by atoms with van der Waals surface area (Å²) in [5.74, 6) is -0.848. The van der Waals surface area contributed by atoms with Crippen molar-refractivity contribution in [3.8, 4) is 0 Å². The fourth-order valence-electron chi connectivity index (χ4n) is 1.32. The van der Waals surface area contributed by atoms with Crippen LogP contribution in [-0.4, -0.2) is 6.04 Å². The molecule has 0 amide bonds. The van der Waals surface area contributed by atoms with Crippen molar-refractivity contribution < 1.29 is 17.6 Å². The molecule has 1 aromatic rings. The minimum absolute atomic E-state index is 0.224. The van der Waals surface area contributed by atoms with Crippen molar-refractivity contribution in [2.45, 2.75) is 32.0 Å². The van der Waals surface area contributed by atoms with Crippen LogP contribution in [0.5, 0.6) is 0 Å². The third-order valence-corrected chi connectivity index (χ3v) is 2.39. The second kappa shape index (κ2) is 4.82. The van der Waals surface area contributed by atoms with Gasteiger partial charge in [-0.3, -0.25) is 0 Å². The SMILES string of the molecule is CCC(N)Cc1ccc(C(F)(F)F)cc1F. The average molecular weight is 235 g/mol. The van der Waals surface area contributed by atoms with Crippen molar-refractivity contribution >= 4 is 0 Å². The Morgan fingerprint density at radius 2 is 1.94 bits per heavy atom. The summed E-state index contributed by atoms with van der Waals surface area (Å²) >= 11 is 0. The molecule has 1 atom stereocenters. The quantitative estimate of drug-likeness (QED) is 0.800. The van der Waals surface area contributed by atoms with Gasteiger partial charge in [-0.1, -0.05) is 13.0 Å². The van der Waals surface area contributed by atoms with Gasteiger partial charge in [0, 0.05) is 6.04 Å². The van der Waals surface area contributed by atoms with Crippen LogP contribution in [0.15, 0.2) is 18.2 Å². The lowest BCUT2D eigenvalue weighted by atomic mass is 10.0. The molecule has 90 valence electrons. The Labute approximate surface area is 91.3 Å². The van der Waals surface area contributed by atoms with Gasteiger partial charge in [0.15, 0.2) is 0 Å². The van der Waals surface area contributed by atoms with E-state index < -0.39 is 17.6 Å². The number of hydrogen-bond acceptors (Lipinski definition) is 1. The fraction of sp³-hybridized carbons (Fsp3) is 0.455. The number of hydrogen-bond donors (Lipinski definition) is 1. The zero-order chi connectivity index (χ0) is 12.3. The summed E-state index contributed by atoms with van der Waals surface area (Å²) in [4.78, 5) is 0. The molecule has 0 heterocycles. The third kappa shape index (κ3) is 3.20. The van der Waals surface area contributed by atoms with Crippen LogP contribution in [0.4, 0.5) is 17.6 Å². The molecule has 0 bridgehead atoms. The lowest BCUT2D eigenvalue weighted by Gasteiger charge is -2.12. The first-order valence-corrected chi connectivity index (χ1v) is 4.95. The van der Waals surface area contributed by atoms with E-state index in [0.29, 0.717) is 12.5 Å². The van der Waals surface area contributed by atoms with Gasteiger partial charge in [-0.05, 0) is 30.5 Å². The van der Waals surface area contributed by atoms with Crippen LogP contribution in [0.25, 0.3) is 0 Å². The van der Waals surface area contributed by atoms with Crippen LogP contribution in [0.1, 0.15) is 24.5 Å². The van der Waals surface area contributed by atoms with Crippen LogP contribution in [0.3, 0.4) is 0 Å². The molecule has 0 radical (unpaired) electrons. The number of rotatable bonds is 3. The van der Waals surface area contributed by atoms with Gasteiger partial charge in [-0.25, -0.2) is 4.39 Å². The van der Waals surface area contributed by atoms with Gasteiger partial charge in [0.25, 0.3) is 0 Å². The summed E-state index contributed by atoms with van der Waals surface area (Å²) in [6.07, 6.45) is -3.60. The summed E-state index contributed by atoms with van der Waals surface area (Å²) in [7, 11) is 0. The highest BCUT2D eigenvalue weighted by atomic mass is 19.4. The zero-order valence-corrected chi connectivity index (χ0v) is 8.81. The van der Waals surface area contributed by atoms with Gasteiger partial charge >= 0.3 is 6.18 Å². The van der Waals surface area contributed by atoms with Gasteiger partial charge < -0.3 is 5.73 Å². The second-order valence-corrected chi connectivity index (χ2v) is 3.68. The van der Waals surface area contributed by atoms with E-state index in [4.69, 9.17) is 5.73 Å². The molecule has 0 saturated carbocycles. The molecule has 16 heavy (non-hydrogen) atoms. The van der Waals surface area contributed by atoms with Gasteiger partial charge in [0.2, 0.25) is 0 Å². The van der Waals surface area contributed by atoms with Gasteiger partial charge in [0.1, 0.15) is 5.82 Å². The first kappa shape index (κ1) is 13.0. The summed E-state index contributed by atoms with van der Waals surface area (Å²) < 4.78 is 50.0. The predicted octanol–water partition coefficient (Wildman–Crippen LogP) is 3.12. The minimum Gasteiger partial charge on any atom is -0.327 e. The molecule has 1 nitrogen and oxygen atoms in total. The molecule has 1 rings (SSSR count). The maximum absolute atomic E-state index is 13.3. The van der Waals surface area contributed by atoms with E-state index in [1.165, 1.54) is 0 Å². The molecule has 0 spiro atoms. The van der Waals surface area contributed by atoms with Gasteiger partial charge in [0.05, 0.1) is 5.56 Å². The Morgan fingerprint density at radius 3 is 2.38 bits per heavy atom. The topological polar surface area (TPSA) is 26.0 Å². The van der Waals surface area contributed by atoms with Crippen LogP contribution in [0.2, 0.25) is 0 Å². The van der Waals surface area contributed by atoms with E-state index in [1.54, 1.807) is 0 Å². The number of halogens is 4. The van der Waals surface area contributed by atoms with Crippen molar-refractivity contribution in [3.63, 3.8) is 0 Å². The Kier molecular flexibility index (Phi) is 3.91. The van der Waals surface area contributed by atoms with E-state index in [2.05, 4.69) is 0 Å². The van der Waals surface area contributed by atoms with Crippen molar-refractivity contribution in [3.05, 3.63) is 35.1 Å². The van der Waals surface area contributed by atoms with E-state index in [0.717, 1.165) is 12.1 Å². The van der Waals surface area contributed by atoms with E-state index in [1.807, 2.05) is 6.92 Å². The third-order valence-electron chi connectivity index (χ3n) is 2.39. The molecule has 1 aromatic carbocycles. The highest BCUT2D eigenvalue weighted by Crippen LogP contribution is 2.30. The maximum atomic E-state index is 13.3. The normalized spacial score (nSPS) is 13.9. The minimum atomic E-state index is -4.51. The van der Waals surface area contributed by atoms with Gasteiger partial charge in [-0.15, -0.1) is 0 Å². The molecule has 0 aliphatic rings. The van der Waals surface area contributed by atoms with Crippen LogP contribution < -0.4 is 5.73 Å². The zero-order valence-electron chi connectivity index (χ0n) is 8.81. The number of nitrogens with two attached hydrogens (primary N) is 1. The Hall–Kier alpha value is -1.10. The predicted molar refractivity (Wildman–Crippen MR) is 53.4 cm³/mol. The molecular formula is C11H13F4N. The van der Waals surface area contributed by atoms with Crippen molar-refractivity contribution in [2.75, 3.05) is 0 Å². The number of alkyl halides is 3. The van der Waals surface area contributed by atoms with E-state index in [-0.39, 0.29) is 18.0 Å². The molecule has 0 fully saturated rings. The van der Waals surface area contributed by atoms with Crippen molar-refractivity contribution in [1.29, 1.82) is 0 Å². The monoisotopic (exact) mass is 235 g/mol. The molecule has 0 aliphatic carbocycles. The highest BCUT2D eigenvalue weighted by molar-refractivity contribution is 5.26. The van der Waals surface area contributed by atoms with Crippen molar-refractivity contribution in [2.24, 2.45) is 5.73 Å². The average Bonchev–Trinajstić information content (AvgIpc) is 2.19. The maximum Gasteiger partial charge on any atom is 0.416 e. The second-order valence-electron chi connectivity index (χ2n) is 3.68. The highest BCUT2D eigenvalue weighted by Gasteiger charge is 2.31. The molecule has 1 unspecified atom stereocenters. The van der Waals surface area contributed by atoms with Gasteiger partial charge in [-0.2, -0.15) is 13.2 Å². The Balaban J connectivity index is 2.92. The lowest BCUT2D eigenvalue weighted by molar-refractivity contribution is -0.137. The van der Waals surface area contributed by atoms with E-state index in [9.17, 15) is 17.6 Å². The molecule has 0 saturated heterocycles. The molecular weight excluding hydrogens is 222 g/mol. The Morgan fingerprint density at radius 1 is 1.31 bits per heavy atom. The summed E-state index contributed by atoms with van der Waals surface area (Å²) in [5.41, 5.74) is 4.86. The first-order valence-electron chi connectivity index (χ1n) is 4.95. The molecule has 5 heteroatoms.